The number of ether oxygens (including phenoxy) is 5. The lowest BCUT2D eigenvalue weighted by Gasteiger charge is -2.17. The van der Waals surface area contributed by atoms with E-state index in [9.17, 15) is 18.8 Å². The predicted molar refractivity (Wildman–Crippen MR) is 383 cm³/mol. The fourth-order valence-electron chi connectivity index (χ4n) is 10.4. The van der Waals surface area contributed by atoms with Gasteiger partial charge in [0.15, 0.2) is 15.4 Å². The zero-order chi connectivity index (χ0) is 68.4. The minimum atomic E-state index is -0.452. The lowest BCUT2D eigenvalue weighted by atomic mass is 10.00. The summed E-state index contributed by atoms with van der Waals surface area (Å²) in [5.41, 5.74) is 14.2. The second kappa shape index (κ2) is 33.1. The second-order valence-corrected chi connectivity index (χ2v) is 25.2. The number of aromatic nitrogens is 6. The summed E-state index contributed by atoms with van der Waals surface area (Å²) in [4.78, 5) is 63.8. The van der Waals surface area contributed by atoms with E-state index < -0.39 is 11.7 Å². The number of thiazole rings is 3. The van der Waals surface area contributed by atoms with Gasteiger partial charge in [-0.2, -0.15) is 0 Å². The number of hydrogen-bond acceptors (Lipinski definition) is 17. The van der Waals surface area contributed by atoms with Crippen LogP contribution < -0.4 is 34.9 Å². The van der Waals surface area contributed by atoms with Crippen LogP contribution in [0.25, 0.3) is 33.8 Å². The van der Waals surface area contributed by atoms with Gasteiger partial charge in [0.1, 0.15) is 28.8 Å². The summed E-state index contributed by atoms with van der Waals surface area (Å²) in [6.45, 7) is 19.6. The standard InChI is InChI=1S/C27H27FN2O3S.C25H24N4O3S.C24H21N3O2S/c1-4-12-32-21-8-10-22(11-9-21)33-23-13-17(2)25(18(3)14-23)24-16-34-27(29-24)30-26(31)19-6-5-7-20(28)15-19;1-4-10-31-21-13-27-22(14-26-21)32-19-11-16(2)23(17(3)12-19)20-15-33-25(28-20)29-24(30)18-8-6-5-7-9-18;1-15-9-10-21(25-13-15)29-19-11-16(2)22(17(3)12-19)20-14-30-24(26-20)27-23(28)18-7-5-4-6-8-18/h5-8,10,13-16H,4,9,11-12H2,1-3H3,(H,29,30,31);5-9,11-15H,4,10H2,1-3H3,(H,28,29,30);4-14H,1-3H3,(H,26,27,28). The van der Waals surface area contributed by atoms with E-state index in [1.54, 1.807) is 48.9 Å². The Morgan fingerprint density at radius 1 is 0.433 bits per heavy atom. The zero-order valence-corrected chi connectivity index (χ0v) is 57.6. The molecule has 0 bridgehead atoms. The summed E-state index contributed by atoms with van der Waals surface area (Å²) < 4.78 is 42.5. The number of carbonyl (C=O) groups is 3. The molecule has 0 saturated heterocycles. The zero-order valence-electron chi connectivity index (χ0n) is 55.1. The topological polar surface area (TPSA) is 211 Å². The molecule has 0 spiro atoms. The quantitative estimate of drug-likeness (QED) is 0.0611. The molecule has 1 aliphatic rings. The summed E-state index contributed by atoms with van der Waals surface area (Å²) in [5, 5.41) is 15.9. The number of aryl methyl sites for hydroxylation is 7. The number of anilines is 3. The molecule has 5 heterocycles. The molecule has 97 heavy (non-hydrogen) atoms. The number of pyridine rings is 1. The van der Waals surface area contributed by atoms with Crippen LogP contribution >= 0.6 is 34.0 Å². The van der Waals surface area contributed by atoms with Gasteiger partial charge in [-0.15, -0.1) is 34.0 Å². The number of amides is 3. The van der Waals surface area contributed by atoms with Gasteiger partial charge in [-0.05, 0) is 191 Å². The lowest BCUT2D eigenvalue weighted by molar-refractivity contribution is 0.101. The van der Waals surface area contributed by atoms with E-state index in [1.165, 1.54) is 52.2 Å². The number of allylic oxidation sites excluding steroid dienone is 4. The molecule has 3 amide bonds. The SMILES string of the molecule is CCCOC1=CC=C(Oc2cc(C)c(-c3csc(NC(=O)c4cccc(F)c4)n3)c(C)c2)CC1.CCCOc1cnc(Oc2cc(C)c(-c3csc(NC(=O)c4ccccc4)n3)c(C)c2)cn1.Cc1ccc(Oc2cc(C)c(-c3csc(NC(=O)c4ccccc4)n3)c(C)c2)nc1. The first-order valence-electron chi connectivity index (χ1n) is 31.4. The van der Waals surface area contributed by atoms with E-state index in [0.717, 1.165) is 128 Å². The first kappa shape index (κ1) is 69.1. The molecule has 0 aliphatic heterocycles. The maximum Gasteiger partial charge on any atom is 0.257 e. The highest BCUT2D eigenvalue weighted by atomic mass is 32.1. The van der Waals surface area contributed by atoms with Crippen molar-refractivity contribution in [3.05, 3.63) is 253 Å². The third kappa shape index (κ3) is 19.0. The predicted octanol–water partition coefficient (Wildman–Crippen LogP) is 19.4. The first-order chi connectivity index (χ1) is 46.9. The molecular formula is C76H72FN9O8S3. The summed E-state index contributed by atoms with van der Waals surface area (Å²) >= 11 is 4.13. The van der Waals surface area contributed by atoms with Crippen LogP contribution in [0, 0.1) is 54.3 Å². The largest absolute Gasteiger partial charge is 0.498 e. The molecule has 21 heteroatoms. The number of hydrogen-bond donors (Lipinski definition) is 3. The number of carbonyl (C=O) groups excluding carboxylic acids is 3. The van der Waals surface area contributed by atoms with Gasteiger partial charge in [-0.25, -0.2) is 34.3 Å². The van der Waals surface area contributed by atoms with E-state index in [-0.39, 0.29) is 17.4 Å². The van der Waals surface area contributed by atoms with Crippen LogP contribution in [-0.2, 0) is 4.74 Å². The fraction of sp³-hybridized carbons (Fsp3) is 0.197. The van der Waals surface area contributed by atoms with E-state index in [2.05, 4.69) is 52.8 Å². The number of nitrogens with one attached hydrogen (secondary N) is 3. The number of benzene rings is 6. The molecule has 5 aromatic heterocycles. The van der Waals surface area contributed by atoms with Gasteiger partial charge < -0.3 is 23.7 Å². The minimum absolute atomic E-state index is 0.167. The van der Waals surface area contributed by atoms with E-state index >= 15 is 0 Å². The molecule has 0 atom stereocenters. The summed E-state index contributed by atoms with van der Waals surface area (Å²) in [5.74, 6) is 4.33. The molecule has 17 nitrogen and oxygen atoms in total. The Kier molecular flexibility index (Phi) is 23.6. The van der Waals surface area contributed by atoms with Gasteiger partial charge in [0.05, 0.1) is 48.4 Å². The third-order valence-corrected chi connectivity index (χ3v) is 17.1. The van der Waals surface area contributed by atoms with Gasteiger partial charge in [-0.1, -0.05) is 62.4 Å². The maximum atomic E-state index is 13.4. The Balaban J connectivity index is 0.000000158. The molecule has 3 N–H and O–H groups in total. The molecular weight excluding hydrogens is 1280 g/mol. The molecule has 494 valence electrons. The molecule has 11 aromatic rings. The van der Waals surface area contributed by atoms with Crippen LogP contribution in [0.5, 0.6) is 34.9 Å². The van der Waals surface area contributed by atoms with Crippen LogP contribution in [0.15, 0.2) is 192 Å². The smallest absolute Gasteiger partial charge is 0.257 e. The first-order valence-corrected chi connectivity index (χ1v) is 34.0. The van der Waals surface area contributed by atoms with Crippen molar-refractivity contribution in [3.63, 3.8) is 0 Å². The van der Waals surface area contributed by atoms with Crippen LogP contribution in [-0.4, -0.2) is 60.8 Å². The molecule has 12 rings (SSSR count). The molecule has 1 aliphatic carbocycles. The summed E-state index contributed by atoms with van der Waals surface area (Å²) in [6, 6.07) is 39.4. The van der Waals surface area contributed by atoms with Gasteiger partial charge in [-0.3, -0.25) is 30.3 Å². The minimum Gasteiger partial charge on any atom is -0.498 e. The van der Waals surface area contributed by atoms with E-state index in [4.69, 9.17) is 23.7 Å². The fourth-order valence-corrected chi connectivity index (χ4v) is 12.5. The number of rotatable bonds is 21. The van der Waals surface area contributed by atoms with Gasteiger partial charge in [0.2, 0.25) is 17.6 Å². The Hall–Kier alpha value is -10.7. The van der Waals surface area contributed by atoms with Crippen LogP contribution in [0.4, 0.5) is 19.8 Å². The van der Waals surface area contributed by atoms with E-state index in [1.807, 2.05) is 169 Å². The van der Waals surface area contributed by atoms with Gasteiger partial charge >= 0.3 is 0 Å². The van der Waals surface area contributed by atoms with Crippen LogP contribution in [0.1, 0.15) is 110 Å². The van der Waals surface area contributed by atoms with Crippen molar-refractivity contribution in [1.29, 1.82) is 0 Å². The highest BCUT2D eigenvalue weighted by Gasteiger charge is 2.20. The highest BCUT2D eigenvalue weighted by Crippen LogP contribution is 2.38. The molecule has 0 saturated carbocycles. The maximum absolute atomic E-state index is 13.4. The number of halogens is 1. The average molecular weight is 1350 g/mol. The van der Waals surface area contributed by atoms with E-state index in [0.29, 0.717) is 56.5 Å². The van der Waals surface area contributed by atoms with Crippen molar-refractivity contribution in [3.8, 4) is 68.7 Å². The third-order valence-electron chi connectivity index (χ3n) is 14.8. The molecule has 0 fully saturated rings. The van der Waals surface area contributed by atoms with Crippen molar-refractivity contribution in [2.24, 2.45) is 0 Å². The Morgan fingerprint density at radius 2 is 0.835 bits per heavy atom. The lowest BCUT2D eigenvalue weighted by Crippen LogP contribution is -2.11. The second-order valence-electron chi connectivity index (χ2n) is 22.7. The Bertz CT molecular complexity index is 4540. The Labute approximate surface area is 575 Å². The van der Waals surface area contributed by atoms with Crippen molar-refractivity contribution >= 4 is 67.1 Å². The summed E-state index contributed by atoms with van der Waals surface area (Å²) in [7, 11) is 0. The van der Waals surface area contributed by atoms with Crippen molar-refractivity contribution in [1.82, 2.24) is 29.9 Å². The van der Waals surface area contributed by atoms with Crippen LogP contribution in [0.2, 0.25) is 0 Å². The Morgan fingerprint density at radius 3 is 1.26 bits per heavy atom. The van der Waals surface area contributed by atoms with Crippen molar-refractivity contribution in [2.45, 2.75) is 88.0 Å². The van der Waals surface area contributed by atoms with Gasteiger partial charge in [0.25, 0.3) is 17.7 Å². The van der Waals surface area contributed by atoms with Crippen molar-refractivity contribution < 1.29 is 42.5 Å². The van der Waals surface area contributed by atoms with Crippen LogP contribution in [0.3, 0.4) is 0 Å². The molecule has 0 radical (unpaired) electrons. The van der Waals surface area contributed by atoms with Crippen molar-refractivity contribution in [2.75, 3.05) is 29.2 Å². The normalized spacial score (nSPS) is 11.5. The van der Waals surface area contributed by atoms with Gasteiger partial charge in [0, 0.05) is 74.6 Å². The molecule has 6 aromatic carbocycles. The monoisotopic (exact) mass is 1350 g/mol. The summed E-state index contributed by atoms with van der Waals surface area (Å²) in [6.07, 6.45) is 12.4. The highest BCUT2D eigenvalue weighted by molar-refractivity contribution is 7.14. The number of nitrogens with zero attached hydrogens (tertiary/aromatic N) is 6. The molecule has 0 unspecified atom stereocenters. The average Bonchev–Trinajstić information content (AvgIpc) is 1.80.